The van der Waals surface area contributed by atoms with Gasteiger partial charge in [-0.2, -0.15) is 5.10 Å². The van der Waals surface area contributed by atoms with Gasteiger partial charge in [0.15, 0.2) is 0 Å². The second-order valence-corrected chi connectivity index (χ2v) is 12.2. The number of amides is 1. The summed E-state index contributed by atoms with van der Waals surface area (Å²) in [6.45, 7) is 7.76. The van der Waals surface area contributed by atoms with Crippen molar-refractivity contribution in [1.29, 1.82) is 0 Å². The Hall–Kier alpha value is -3.64. The average Bonchev–Trinajstić information content (AvgIpc) is 3.73. The molecule has 0 bridgehead atoms. The molecule has 1 aromatic carbocycles. The highest BCUT2D eigenvalue weighted by molar-refractivity contribution is 7.17. The first-order valence-corrected chi connectivity index (χ1v) is 14.6. The normalized spacial score (nSPS) is 19.8. The van der Waals surface area contributed by atoms with Gasteiger partial charge in [0.05, 0.1) is 34.2 Å². The van der Waals surface area contributed by atoms with E-state index < -0.39 is 5.60 Å². The molecule has 2 aliphatic heterocycles. The fraction of sp³-hybridized carbons (Fsp3) is 0.500. The Labute approximate surface area is 237 Å². The molecule has 0 N–H and O–H groups in total. The molecule has 11 nitrogen and oxygen atoms in total. The van der Waals surface area contributed by atoms with E-state index in [9.17, 15) is 4.79 Å². The van der Waals surface area contributed by atoms with E-state index in [1.165, 1.54) is 0 Å². The van der Waals surface area contributed by atoms with Gasteiger partial charge in [-0.1, -0.05) is 12.1 Å². The van der Waals surface area contributed by atoms with E-state index in [1.807, 2.05) is 43.4 Å². The molecule has 3 aromatic heterocycles. The summed E-state index contributed by atoms with van der Waals surface area (Å²) in [6, 6.07) is 4.14. The minimum Gasteiger partial charge on any atom is -0.444 e. The van der Waals surface area contributed by atoms with Crippen molar-refractivity contribution in [2.24, 2.45) is 0 Å². The first-order chi connectivity index (χ1) is 19.3. The zero-order valence-corrected chi connectivity index (χ0v) is 24.1. The van der Waals surface area contributed by atoms with Gasteiger partial charge in [-0.3, -0.25) is 0 Å². The van der Waals surface area contributed by atoms with Gasteiger partial charge in [0.25, 0.3) is 0 Å². The van der Waals surface area contributed by atoms with Crippen LogP contribution in [0.1, 0.15) is 52.7 Å². The minimum absolute atomic E-state index is 0.00356. The number of nitrogens with zero attached hydrogens (tertiary/aromatic N) is 8. The molecule has 2 unspecified atom stereocenters. The number of rotatable bonds is 5. The molecule has 5 heterocycles. The molecule has 2 saturated heterocycles. The zero-order valence-electron chi connectivity index (χ0n) is 23.3. The number of carbonyl (C=O) groups excluding carboxylic acids is 1. The molecule has 40 heavy (non-hydrogen) atoms. The van der Waals surface area contributed by atoms with Crippen LogP contribution in [-0.4, -0.2) is 79.3 Å². The Morgan fingerprint density at radius 1 is 1.12 bits per heavy atom. The lowest BCUT2D eigenvalue weighted by Crippen LogP contribution is -2.42. The predicted molar refractivity (Wildman–Crippen MR) is 153 cm³/mol. The Balaban J connectivity index is 1.18. The van der Waals surface area contributed by atoms with Crippen molar-refractivity contribution in [1.82, 2.24) is 34.8 Å². The molecular formula is C28H34N8O3S. The van der Waals surface area contributed by atoms with Crippen molar-refractivity contribution in [3.8, 4) is 22.4 Å². The van der Waals surface area contributed by atoms with Crippen molar-refractivity contribution >= 4 is 33.6 Å². The quantitative estimate of drug-likeness (QED) is 0.326. The molecule has 0 saturated carbocycles. The molecule has 12 heteroatoms. The maximum absolute atomic E-state index is 12.5. The fourth-order valence-corrected chi connectivity index (χ4v) is 6.05. The SMILES string of the molecule is CN(C(=O)OC(C)(C)C)C1CCN(c2ncc(-c3ccc(-c4cnn(C5CCCCO5)c4)c4ncsc34)nn2)C1. The van der Waals surface area contributed by atoms with Crippen molar-refractivity contribution in [3.05, 3.63) is 36.2 Å². The van der Waals surface area contributed by atoms with Crippen LogP contribution in [-0.2, 0) is 9.47 Å². The van der Waals surface area contributed by atoms with Gasteiger partial charge in [-0.25, -0.2) is 19.4 Å². The third-order valence-corrected chi connectivity index (χ3v) is 8.21. The highest BCUT2D eigenvalue weighted by Gasteiger charge is 2.32. The number of hydrogen-bond donors (Lipinski definition) is 0. The van der Waals surface area contributed by atoms with Crippen molar-refractivity contribution in [2.75, 3.05) is 31.6 Å². The van der Waals surface area contributed by atoms with Crippen LogP contribution in [0.4, 0.5) is 10.7 Å². The number of carbonyl (C=O) groups is 1. The largest absolute Gasteiger partial charge is 0.444 e. The Morgan fingerprint density at radius 3 is 2.73 bits per heavy atom. The maximum Gasteiger partial charge on any atom is 0.410 e. The van der Waals surface area contributed by atoms with Gasteiger partial charge in [0, 0.05) is 49.6 Å². The number of thiazole rings is 1. The summed E-state index contributed by atoms with van der Waals surface area (Å²) < 4.78 is 14.4. The number of ether oxygens (including phenoxy) is 2. The van der Waals surface area contributed by atoms with Crippen molar-refractivity contribution in [3.63, 3.8) is 0 Å². The van der Waals surface area contributed by atoms with Crippen LogP contribution in [0.3, 0.4) is 0 Å². The number of fused-ring (bicyclic) bond motifs is 1. The smallest absolute Gasteiger partial charge is 0.410 e. The van der Waals surface area contributed by atoms with Gasteiger partial charge >= 0.3 is 6.09 Å². The van der Waals surface area contributed by atoms with Crippen LogP contribution in [0, 0.1) is 0 Å². The third kappa shape index (κ3) is 5.37. The van der Waals surface area contributed by atoms with Crippen LogP contribution in [0.25, 0.3) is 32.6 Å². The van der Waals surface area contributed by atoms with Crippen molar-refractivity contribution < 1.29 is 14.3 Å². The molecule has 2 fully saturated rings. The lowest BCUT2D eigenvalue weighted by atomic mass is 10.0. The van der Waals surface area contributed by atoms with E-state index in [1.54, 1.807) is 29.5 Å². The monoisotopic (exact) mass is 562 g/mol. The summed E-state index contributed by atoms with van der Waals surface area (Å²) in [5.74, 6) is 0.554. The van der Waals surface area contributed by atoms with Crippen LogP contribution in [0.2, 0.25) is 0 Å². The Morgan fingerprint density at radius 2 is 1.98 bits per heavy atom. The van der Waals surface area contributed by atoms with E-state index in [2.05, 4.69) is 42.3 Å². The van der Waals surface area contributed by atoms with Crippen molar-refractivity contribution in [2.45, 2.75) is 64.3 Å². The zero-order chi connectivity index (χ0) is 27.9. The van der Waals surface area contributed by atoms with Crippen LogP contribution < -0.4 is 4.90 Å². The molecule has 0 spiro atoms. The van der Waals surface area contributed by atoms with E-state index in [-0.39, 0.29) is 18.4 Å². The van der Waals surface area contributed by atoms with Gasteiger partial charge in [0.1, 0.15) is 17.5 Å². The number of anilines is 1. The van der Waals surface area contributed by atoms with Gasteiger partial charge in [-0.15, -0.1) is 21.5 Å². The number of aromatic nitrogens is 6. The maximum atomic E-state index is 12.5. The average molecular weight is 563 g/mol. The van der Waals surface area contributed by atoms with Crippen LogP contribution >= 0.6 is 11.3 Å². The molecule has 0 radical (unpaired) electrons. The molecular weight excluding hydrogens is 528 g/mol. The topological polar surface area (TPSA) is 111 Å². The first kappa shape index (κ1) is 26.6. The summed E-state index contributed by atoms with van der Waals surface area (Å²) in [5.41, 5.74) is 5.91. The highest BCUT2D eigenvalue weighted by atomic mass is 32.1. The molecule has 1 amide bonds. The molecule has 0 aliphatic carbocycles. The minimum atomic E-state index is -0.528. The summed E-state index contributed by atoms with van der Waals surface area (Å²) in [4.78, 5) is 25.5. The lowest BCUT2D eigenvalue weighted by molar-refractivity contribution is -0.0394. The third-order valence-electron chi connectivity index (χ3n) is 7.35. The summed E-state index contributed by atoms with van der Waals surface area (Å²) >= 11 is 1.57. The summed E-state index contributed by atoms with van der Waals surface area (Å²) in [6.07, 6.45) is 9.42. The molecule has 210 valence electrons. The van der Waals surface area contributed by atoms with E-state index in [0.717, 1.165) is 65.7 Å². The molecule has 2 aliphatic rings. The van der Waals surface area contributed by atoms with Gasteiger partial charge in [-0.05, 0) is 46.5 Å². The van der Waals surface area contributed by atoms with E-state index >= 15 is 0 Å². The van der Waals surface area contributed by atoms with Crippen LogP contribution in [0.15, 0.2) is 36.2 Å². The Kier molecular flexibility index (Phi) is 7.13. The predicted octanol–water partition coefficient (Wildman–Crippen LogP) is 5.16. The summed E-state index contributed by atoms with van der Waals surface area (Å²) in [5, 5.41) is 13.6. The lowest BCUT2D eigenvalue weighted by Gasteiger charge is -2.28. The second kappa shape index (κ2) is 10.7. The highest BCUT2D eigenvalue weighted by Crippen LogP contribution is 2.37. The first-order valence-electron chi connectivity index (χ1n) is 13.7. The fourth-order valence-electron chi connectivity index (χ4n) is 5.21. The number of likely N-dealkylation sites (N-methyl/N-ethyl adjacent to an activating group) is 1. The van der Waals surface area contributed by atoms with Gasteiger partial charge < -0.3 is 19.3 Å². The molecule has 4 aromatic rings. The number of hydrogen-bond acceptors (Lipinski definition) is 10. The standard InChI is InChI=1S/C28H34N8O3S/c1-28(2,3)39-27(37)34(4)19-10-11-35(16-19)26-29-14-22(32-33-26)21-9-8-20(24-25(21)40-17-30-24)18-13-31-36(15-18)23-7-5-6-12-38-23/h8-9,13-15,17,19,23H,5-7,10-12,16H2,1-4H3. The van der Waals surface area contributed by atoms with Crippen LogP contribution in [0.5, 0.6) is 0 Å². The Bertz CT molecular complexity index is 1490. The van der Waals surface area contributed by atoms with E-state index in [0.29, 0.717) is 18.2 Å². The summed E-state index contributed by atoms with van der Waals surface area (Å²) in [7, 11) is 1.78. The number of benzene rings is 1. The molecule has 6 rings (SSSR count). The second-order valence-electron chi connectivity index (χ2n) is 11.3. The van der Waals surface area contributed by atoms with E-state index in [4.69, 9.17) is 9.47 Å². The molecule has 2 atom stereocenters. The van der Waals surface area contributed by atoms with Gasteiger partial charge in [0.2, 0.25) is 5.95 Å².